The van der Waals surface area contributed by atoms with Gasteiger partial charge in [0.05, 0.1) is 12.1 Å². The van der Waals surface area contributed by atoms with Crippen LogP contribution in [-0.2, 0) is 0 Å². The lowest BCUT2D eigenvalue weighted by atomic mass is 10.1. The van der Waals surface area contributed by atoms with E-state index in [1.807, 2.05) is 0 Å². The summed E-state index contributed by atoms with van der Waals surface area (Å²) in [7, 11) is 0. The van der Waals surface area contributed by atoms with Crippen molar-refractivity contribution < 1.29 is 15.1 Å². The van der Waals surface area contributed by atoms with Crippen molar-refractivity contribution >= 4 is 27.7 Å². The number of carbonyl (C=O) groups excluding carboxylic acids is 1. The standard InChI is InChI=1S/C14H18BrN3O3/c15-9-5-6-12(19)11(7-9)14(20)18(8-13(16)17-21)10-3-1-2-4-10/h5-7,10,19,21H,1-4,8H2,(H2,16,17). The molecule has 114 valence electrons. The summed E-state index contributed by atoms with van der Waals surface area (Å²) in [5.74, 6) is -0.414. The average molecular weight is 356 g/mol. The van der Waals surface area contributed by atoms with Crippen molar-refractivity contribution in [2.45, 2.75) is 31.7 Å². The minimum absolute atomic E-state index is 0.0234. The Morgan fingerprint density at radius 2 is 2.10 bits per heavy atom. The van der Waals surface area contributed by atoms with E-state index < -0.39 is 0 Å². The summed E-state index contributed by atoms with van der Waals surface area (Å²) in [5, 5.41) is 21.6. The molecule has 1 fully saturated rings. The third-order valence-corrected chi connectivity index (χ3v) is 4.17. The fourth-order valence-electron chi connectivity index (χ4n) is 2.62. The fraction of sp³-hybridized carbons (Fsp3) is 0.429. The zero-order valence-electron chi connectivity index (χ0n) is 11.5. The van der Waals surface area contributed by atoms with Gasteiger partial charge < -0.3 is 20.9 Å². The number of aromatic hydroxyl groups is 1. The van der Waals surface area contributed by atoms with E-state index in [1.165, 1.54) is 6.07 Å². The Labute approximate surface area is 131 Å². The van der Waals surface area contributed by atoms with Crippen LogP contribution in [0.4, 0.5) is 0 Å². The maximum Gasteiger partial charge on any atom is 0.258 e. The van der Waals surface area contributed by atoms with Gasteiger partial charge in [-0.2, -0.15) is 0 Å². The number of oxime groups is 1. The number of halogens is 1. The number of nitrogens with zero attached hydrogens (tertiary/aromatic N) is 2. The molecule has 2 rings (SSSR count). The second kappa shape index (κ2) is 6.80. The molecule has 0 unspecified atom stereocenters. The normalized spacial score (nSPS) is 16.1. The van der Waals surface area contributed by atoms with Crippen LogP contribution in [0.1, 0.15) is 36.0 Å². The first-order valence-electron chi connectivity index (χ1n) is 6.79. The first kappa shape index (κ1) is 15.6. The molecule has 4 N–H and O–H groups in total. The highest BCUT2D eigenvalue weighted by atomic mass is 79.9. The Bertz CT molecular complexity index is 556. The van der Waals surface area contributed by atoms with Crippen molar-refractivity contribution in [3.63, 3.8) is 0 Å². The predicted molar refractivity (Wildman–Crippen MR) is 82.5 cm³/mol. The van der Waals surface area contributed by atoms with E-state index in [9.17, 15) is 9.90 Å². The molecule has 0 aliphatic heterocycles. The van der Waals surface area contributed by atoms with Gasteiger partial charge in [-0.3, -0.25) is 4.79 Å². The quantitative estimate of drug-likeness (QED) is 0.334. The highest BCUT2D eigenvalue weighted by molar-refractivity contribution is 9.10. The number of hydrogen-bond donors (Lipinski definition) is 3. The molecule has 1 saturated carbocycles. The molecule has 1 aliphatic rings. The lowest BCUT2D eigenvalue weighted by Crippen LogP contribution is -2.44. The third-order valence-electron chi connectivity index (χ3n) is 3.68. The molecule has 1 aromatic rings. The predicted octanol–water partition coefficient (Wildman–Crippen LogP) is 2.29. The molecule has 0 heterocycles. The third kappa shape index (κ3) is 3.66. The topological polar surface area (TPSA) is 99.2 Å². The van der Waals surface area contributed by atoms with Crippen LogP contribution in [0, 0.1) is 0 Å². The van der Waals surface area contributed by atoms with Gasteiger partial charge in [-0.1, -0.05) is 33.9 Å². The van der Waals surface area contributed by atoms with Crippen molar-refractivity contribution in [3.05, 3.63) is 28.2 Å². The molecule has 1 aromatic carbocycles. The molecule has 0 aromatic heterocycles. The van der Waals surface area contributed by atoms with Crippen molar-refractivity contribution in [3.8, 4) is 5.75 Å². The van der Waals surface area contributed by atoms with Gasteiger partial charge in [0.15, 0.2) is 5.84 Å². The van der Waals surface area contributed by atoms with E-state index in [4.69, 9.17) is 10.9 Å². The number of amidine groups is 1. The van der Waals surface area contributed by atoms with E-state index in [2.05, 4.69) is 21.1 Å². The Balaban J connectivity index is 2.30. The van der Waals surface area contributed by atoms with Crippen LogP contribution in [0.2, 0.25) is 0 Å². The van der Waals surface area contributed by atoms with E-state index in [1.54, 1.807) is 17.0 Å². The molecule has 0 radical (unpaired) electrons. The number of nitrogens with two attached hydrogens (primary N) is 1. The molecule has 0 spiro atoms. The van der Waals surface area contributed by atoms with Crippen LogP contribution < -0.4 is 5.73 Å². The smallest absolute Gasteiger partial charge is 0.258 e. The molecule has 7 heteroatoms. The minimum Gasteiger partial charge on any atom is -0.507 e. The van der Waals surface area contributed by atoms with Crippen molar-refractivity contribution in [2.75, 3.05) is 6.54 Å². The Hall–Kier alpha value is -1.76. The summed E-state index contributed by atoms with van der Waals surface area (Å²) in [4.78, 5) is 14.3. The van der Waals surface area contributed by atoms with Gasteiger partial charge in [-0.25, -0.2) is 0 Å². The molecule has 0 bridgehead atoms. The summed E-state index contributed by atoms with van der Waals surface area (Å²) in [6.45, 7) is 0.0476. The van der Waals surface area contributed by atoms with Crippen molar-refractivity contribution in [2.24, 2.45) is 10.9 Å². The highest BCUT2D eigenvalue weighted by Gasteiger charge is 2.29. The second-order valence-corrected chi connectivity index (χ2v) is 6.04. The maximum absolute atomic E-state index is 12.7. The highest BCUT2D eigenvalue weighted by Crippen LogP contribution is 2.28. The first-order chi connectivity index (χ1) is 10.0. The van der Waals surface area contributed by atoms with Crippen molar-refractivity contribution in [1.82, 2.24) is 4.90 Å². The van der Waals surface area contributed by atoms with E-state index in [0.717, 1.165) is 25.7 Å². The summed E-state index contributed by atoms with van der Waals surface area (Å²) in [6, 6.07) is 4.76. The molecular weight excluding hydrogens is 338 g/mol. The monoisotopic (exact) mass is 355 g/mol. The number of amides is 1. The zero-order valence-corrected chi connectivity index (χ0v) is 13.1. The number of benzene rings is 1. The second-order valence-electron chi connectivity index (χ2n) is 5.12. The van der Waals surface area contributed by atoms with E-state index >= 15 is 0 Å². The Morgan fingerprint density at radius 3 is 2.71 bits per heavy atom. The average Bonchev–Trinajstić information content (AvgIpc) is 3.00. The fourth-order valence-corrected chi connectivity index (χ4v) is 2.98. The SMILES string of the molecule is N/C(CN(C(=O)c1cc(Br)ccc1O)C1CCCC1)=N/O. The van der Waals surface area contributed by atoms with Crippen LogP contribution in [0.5, 0.6) is 5.75 Å². The van der Waals surface area contributed by atoms with Gasteiger partial charge in [0, 0.05) is 10.5 Å². The number of rotatable bonds is 4. The van der Waals surface area contributed by atoms with Gasteiger partial charge in [0.25, 0.3) is 5.91 Å². The molecule has 1 amide bonds. The molecule has 6 nitrogen and oxygen atoms in total. The van der Waals surface area contributed by atoms with E-state index in [0.29, 0.717) is 4.47 Å². The summed E-state index contributed by atoms with van der Waals surface area (Å²) >= 11 is 3.29. The summed E-state index contributed by atoms with van der Waals surface area (Å²) in [6.07, 6.45) is 3.88. The zero-order chi connectivity index (χ0) is 15.4. The summed E-state index contributed by atoms with van der Waals surface area (Å²) in [5.41, 5.74) is 5.77. The molecule has 21 heavy (non-hydrogen) atoms. The van der Waals surface area contributed by atoms with Crippen LogP contribution in [0.25, 0.3) is 0 Å². The number of phenols is 1. The van der Waals surface area contributed by atoms with Crippen LogP contribution in [-0.4, -0.2) is 39.5 Å². The van der Waals surface area contributed by atoms with Crippen molar-refractivity contribution in [1.29, 1.82) is 0 Å². The van der Waals surface area contributed by atoms with E-state index in [-0.39, 0.29) is 35.6 Å². The number of hydrogen-bond acceptors (Lipinski definition) is 4. The van der Waals surface area contributed by atoms with Gasteiger partial charge in [-0.15, -0.1) is 0 Å². The lowest BCUT2D eigenvalue weighted by molar-refractivity contribution is 0.0709. The van der Waals surface area contributed by atoms with Crippen LogP contribution in [0.15, 0.2) is 27.8 Å². The largest absolute Gasteiger partial charge is 0.507 e. The molecule has 0 saturated heterocycles. The first-order valence-corrected chi connectivity index (χ1v) is 7.58. The van der Waals surface area contributed by atoms with Gasteiger partial charge in [-0.05, 0) is 31.0 Å². The van der Waals surface area contributed by atoms with Crippen LogP contribution in [0.3, 0.4) is 0 Å². The van der Waals surface area contributed by atoms with Gasteiger partial charge in [0.2, 0.25) is 0 Å². The Morgan fingerprint density at radius 1 is 1.43 bits per heavy atom. The summed E-state index contributed by atoms with van der Waals surface area (Å²) < 4.78 is 0.707. The Kier molecular flexibility index (Phi) is 5.06. The lowest BCUT2D eigenvalue weighted by Gasteiger charge is -2.28. The van der Waals surface area contributed by atoms with Gasteiger partial charge >= 0.3 is 0 Å². The van der Waals surface area contributed by atoms with Crippen LogP contribution >= 0.6 is 15.9 Å². The molecule has 1 aliphatic carbocycles. The molecule has 0 atom stereocenters. The van der Waals surface area contributed by atoms with Gasteiger partial charge in [0.1, 0.15) is 5.75 Å². The number of phenolic OH excluding ortho intramolecular Hbond substituents is 1. The maximum atomic E-state index is 12.7. The minimum atomic E-state index is -0.313. The number of carbonyl (C=O) groups is 1. The molecular formula is C14H18BrN3O3.